The number of benzene rings is 1. The minimum absolute atomic E-state index is 0.000968. The van der Waals surface area contributed by atoms with Crippen molar-refractivity contribution in [2.75, 3.05) is 17.3 Å². The van der Waals surface area contributed by atoms with Gasteiger partial charge in [-0.25, -0.2) is 9.66 Å². The van der Waals surface area contributed by atoms with Gasteiger partial charge in [-0.15, -0.1) is 10.2 Å². The second kappa shape index (κ2) is 8.80. The molecule has 1 aliphatic rings. The molecule has 3 heterocycles. The number of nitrogens with one attached hydrogen (secondary N) is 4. The summed E-state index contributed by atoms with van der Waals surface area (Å²) < 4.78 is 2.33. The highest BCUT2D eigenvalue weighted by atomic mass is 127. The van der Waals surface area contributed by atoms with Crippen molar-refractivity contribution < 1.29 is 9.59 Å². The van der Waals surface area contributed by atoms with Gasteiger partial charge in [0.2, 0.25) is 16.9 Å². The molecule has 1 fully saturated rings. The Morgan fingerprint density at radius 2 is 1.97 bits per heavy atom. The molecule has 11 nitrogen and oxygen atoms in total. The molecular formula is C17H15IN8O3S2. The molecule has 0 radical (unpaired) electrons. The molecule has 3 aromatic rings. The second-order valence-electron chi connectivity index (χ2n) is 6.54. The van der Waals surface area contributed by atoms with Gasteiger partial charge in [0.15, 0.2) is 5.11 Å². The summed E-state index contributed by atoms with van der Waals surface area (Å²) in [7, 11) is 0. The smallest absolute Gasteiger partial charge is 0.279 e. The lowest BCUT2D eigenvalue weighted by atomic mass is 10.1. The van der Waals surface area contributed by atoms with E-state index in [4.69, 9.17) is 12.2 Å². The number of fused-ring (bicyclic) bond motifs is 1. The SMILES string of the molecule is Cc1nc2ccc(I)cc2c(=O)n1NCc1nnc(NCC2C(=O)NC(=S)NC2=O)s1. The van der Waals surface area contributed by atoms with Crippen LogP contribution in [0.5, 0.6) is 0 Å². The van der Waals surface area contributed by atoms with Gasteiger partial charge in [-0.2, -0.15) is 0 Å². The van der Waals surface area contributed by atoms with Crippen LogP contribution in [-0.4, -0.2) is 43.3 Å². The molecule has 1 saturated heterocycles. The number of rotatable bonds is 6. The summed E-state index contributed by atoms with van der Waals surface area (Å²) in [6.07, 6.45) is 0. The van der Waals surface area contributed by atoms with E-state index >= 15 is 0 Å². The molecule has 0 saturated carbocycles. The van der Waals surface area contributed by atoms with Gasteiger partial charge < -0.3 is 21.4 Å². The summed E-state index contributed by atoms with van der Waals surface area (Å²) in [6, 6.07) is 5.51. The van der Waals surface area contributed by atoms with Crippen molar-refractivity contribution in [3.8, 4) is 0 Å². The maximum atomic E-state index is 12.8. The van der Waals surface area contributed by atoms with E-state index in [-0.39, 0.29) is 23.8 Å². The van der Waals surface area contributed by atoms with Crippen LogP contribution >= 0.6 is 46.1 Å². The summed E-state index contributed by atoms with van der Waals surface area (Å²) in [5.41, 5.74) is 3.46. The Morgan fingerprint density at radius 1 is 1.23 bits per heavy atom. The van der Waals surface area contributed by atoms with E-state index in [1.807, 2.05) is 12.1 Å². The standard InChI is InChI=1S/C17H15IN8O3S2/c1-7-21-11-3-2-8(18)4-9(11)15(29)26(7)20-6-12-24-25-17(31-12)19-5-10-13(27)22-16(30)23-14(10)28/h2-4,10,20H,5-6H2,1H3,(H,19,25)(H2,22,23,27,28,30). The van der Waals surface area contributed by atoms with Crippen LogP contribution in [0.4, 0.5) is 5.13 Å². The third kappa shape index (κ3) is 4.64. The Morgan fingerprint density at radius 3 is 2.71 bits per heavy atom. The minimum Gasteiger partial charge on any atom is -0.359 e. The number of hydrogen-bond acceptors (Lipinski definition) is 10. The first kappa shape index (κ1) is 21.5. The molecule has 4 N–H and O–H groups in total. The predicted octanol–water partition coefficient (Wildman–Crippen LogP) is 0.464. The lowest BCUT2D eigenvalue weighted by Gasteiger charge is -2.22. The molecule has 31 heavy (non-hydrogen) atoms. The van der Waals surface area contributed by atoms with Gasteiger partial charge in [0, 0.05) is 10.1 Å². The Kier molecular flexibility index (Phi) is 6.10. The average Bonchev–Trinajstić information content (AvgIpc) is 3.15. The first-order valence-corrected chi connectivity index (χ1v) is 11.3. The second-order valence-corrected chi connectivity index (χ2v) is 9.25. The Hall–Kier alpha value is -2.72. The van der Waals surface area contributed by atoms with Gasteiger partial charge in [-0.3, -0.25) is 14.4 Å². The Balaban J connectivity index is 1.42. The molecule has 0 unspecified atom stereocenters. The highest BCUT2D eigenvalue weighted by Crippen LogP contribution is 2.17. The number of anilines is 1. The fourth-order valence-electron chi connectivity index (χ4n) is 2.92. The quantitative estimate of drug-likeness (QED) is 0.189. The molecule has 160 valence electrons. The van der Waals surface area contributed by atoms with E-state index < -0.39 is 17.7 Å². The predicted molar refractivity (Wildman–Crippen MR) is 127 cm³/mol. The average molecular weight is 570 g/mol. The zero-order chi connectivity index (χ0) is 22.1. The van der Waals surface area contributed by atoms with E-state index in [1.54, 1.807) is 13.0 Å². The monoisotopic (exact) mass is 570 g/mol. The first-order valence-electron chi connectivity index (χ1n) is 8.96. The van der Waals surface area contributed by atoms with Crippen molar-refractivity contribution in [3.63, 3.8) is 0 Å². The van der Waals surface area contributed by atoms with Crippen molar-refractivity contribution >= 4 is 79.1 Å². The fraction of sp³-hybridized carbons (Fsp3) is 0.235. The molecular weight excluding hydrogens is 555 g/mol. The summed E-state index contributed by atoms with van der Waals surface area (Å²) in [5.74, 6) is -1.35. The van der Waals surface area contributed by atoms with Gasteiger partial charge in [-0.1, -0.05) is 11.3 Å². The van der Waals surface area contributed by atoms with E-state index in [0.717, 1.165) is 3.57 Å². The molecule has 2 aromatic heterocycles. The van der Waals surface area contributed by atoms with Crippen molar-refractivity contribution in [2.24, 2.45) is 5.92 Å². The molecule has 1 aromatic carbocycles. The number of aromatic nitrogens is 4. The van der Waals surface area contributed by atoms with Crippen LogP contribution in [0.25, 0.3) is 10.9 Å². The highest BCUT2D eigenvalue weighted by molar-refractivity contribution is 14.1. The molecule has 4 rings (SSSR count). The van der Waals surface area contributed by atoms with Crippen LogP contribution in [0.3, 0.4) is 0 Å². The van der Waals surface area contributed by atoms with Crippen molar-refractivity contribution in [1.29, 1.82) is 0 Å². The number of hydrogen-bond donors (Lipinski definition) is 4. The summed E-state index contributed by atoms with van der Waals surface area (Å²) >= 11 is 8.16. The van der Waals surface area contributed by atoms with E-state index in [0.29, 0.717) is 26.9 Å². The number of nitrogens with zero attached hydrogens (tertiary/aromatic N) is 4. The van der Waals surface area contributed by atoms with Crippen LogP contribution in [-0.2, 0) is 16.1 Å². The van der Waals surface area contributed by atoms with Gasteiger partial charge >= 0.3 is 0 Å². The number of carbonyl (C=O) groups is 2. The van der Waals surface area contributed by atoms with E-state index in [2.05, 4.69) is 59.1 Å². The van der Waals surface area contributed by atoms with Crippen LogP contribution in [0, 0.1) is 16.4 Å². The van der Waals surface area contributed by atoms with E-state index in [1.165, 1.54) is 16.0 Å². The third-order valence-corrected chi connectivity index (χ3v) is 6.17. The molecule has 0 bridgehead atoms. The number of halogens is 1. The number of amides is 2. The first-order chi connectivity index (χ1) is 14.8. The molecule has 14 heteroatoms. The molecule has 0 atom stereocenters. The third-order valence-electron chi connectivity index (χ3n) is 4.42. The van der Waals surface area contributed by atoms with Gasteiger partial charge in [0.25, 0.3) is 5.56 Å². The maximum Gasteiger partial charge on any atom is 0.279 e. The number of thiocarbonyl (C=S) groups is 1. The lowest BCUT2D eigenvalue weighted by Crippen LogP contribution is -2.57. The highest BCUT2D eigenvalue weighted by Gasteiger charge is 2.32. The van der Waals surface area contributed by atoms with Gasteiger partial charge in [0.05, 0.1) is 17.4 Å². The number of carbonyl (C=O) groups excluding carboxylic acids is 2. The van der Waals surface area contributed by atoms with Gasteiger partial charge in [0.1, 0.15) is 16.7 Å². The largest absolute Gasteiger partial charge is 0.359 e. The maximum absolute atomic E-state index is 12.8. The number of aryl methyl sites for hydroxylation is 1. The molecule has 0 spiro atoms. The van der Waals surface area contributed by atoms with Gasteiger partial charge in [-0.05, 0) is 59.9 Å². The van der Waals surface area contributed by atoms with E-state index in [9.17, 15) is 14.4 Å². The zero-order valence-corrected chi connectivity index (χ0v) is 19.7. The molecule has 2 amide bonds. The summed E-state index contributed by atoms with van der Waals surface area (Å²) in [4.78, 5) is 41.1. The zero-order valence-electron chi connectivity index (χ0n) is 15.9. The lowest BCUT2D eigenvalue weighted by molar-refractivity contribution is -0.134. The Labute approximate surface area is 198 Å². The van der Waals surface area contributed by atoms with Crippen LogP contribution in [0.2, 0.25) is 0 Å². The van der Waals surface area contributed by atoms with Crippen LogP contribution < -0.4 is 26.9 Å². The summed E-state index contributed by atoms with van der Waals surface area (Å²) in [5, 5.41) is 17.4. The van der Waals surface area contributed by atoms with Crippen LogP contribution in [0.1, 0.15) is 10.8 Å². The Bertz CT molecular complexity index is 1250. The topological polar surface area (TPSA) is 143 Å². The molecule has 1 aliphatic heterocycles. The minimum atomic E-state index is -0.926. The van der Waals surface area contributed by atoms with Crippen molar-refractivity contribution in [1.82, 2.24) is 30.5 Å². The van der Waals surface area contributed by atoms with Crippen molar-refractivity contribution in [2.45, 2.75) is 13.5 Å². The molecule has 0 aliphatic carbocycles. The fourth-order valence-corrected chi connectivity index (χ4v) is 4.29. The van der Waals surface area contributed by atoms with Crippen molar-refractivity contribution in [3.05, 3.63) is 43.0 Å². The normalized spacial score (nSPS) is 14.5. The van der Waals surface area contributed by atoms with Crippen LogP contribution in [0.15, 0.2) is 23.0 Å². The summed E-state index contributed by atoms with van der Waals surface area (Å²) in [6.45, 7) is 2.04.